The van der Waals surface area contributed by atoms with Crippen LogP contribution in [0.3, 0.4) is 0 Å². The molecule has 1 saturated carbocycles. The van der Waals surface area contributed by atoms with Gasteiger partial charge < -0.3 is 5.73 Å². The molecule has 2 atom stereocenters. The Bertz CT molecular complexity index is 894. The Hall–Kier alpha value is -2.09. The van der Waals surface area contributed by atoms with Gasteiger partial charge in [0.25, 0.3) is 5.69 Å². The summed E-state index contributed by atoms with van der Waals surface area (Å²) in [6.45, 7) is 0. The number of halogens is 4. The van der Waals surface area contributed by atoms with Crippen LogP contribution >= 0.6 is 11.6 Å². The van der Waals surface area contributed by atoms with Crippen LogP contribution in [0.15, 0.2) is 11.6 Å². The van der Waals surface area contributed by atoms with E-state index in [1.807, 2.05) is 0 Å². The number of allylic oxidation sites excluding steroid dienone is 2. The summed E-state index contributed by atoms with van der Waals surface area (Å²) in [4.78, 5) is 23.1. The molecule has 3 aliphatic rings. The van der Waals surface area contributed by atoms with Crippen molar-refractivity contribution in [2.24, 2.45) is 11.3 Å². The van der Waals surface area contributed by atoms with Gasteiger partial charge >= 0.3 is 6.18 Å². The lowest BCUT2D eigenvalue weighted by Crippen LogP contribution is -2.34. The maximum Gasteiger partial charge on any atom is 0.420 e. The van der Waals surface area contributed by atoms with Crippen molar-refractivity contribution in [3.05, 3.63) is 37.9 Å². The number of anilines is 1. The minimum Gasteiger partial charge on any atom is -0.392 e. The van der Waals surface area contributed by atoms with Crippen molar-refractivity contribution in [2.75, 3.05) is 5.73 Å². The Morgan fingerprint density at radius 2 is 2.08 bits per heavy atom. The van der Waals surface area contributed by atoms with E-state index in [0.717, 1.165) is 0 Å². The van der Waals surface area contributed by atoms with Crippen LogP contribution < -0.4 is 5.73 Å². The van der Waals surface area contributed by atoms with Crippen molar-refractivity contribution < 1.29 is 22.9 Å². The zero-order chi connectivity index (χ0) is 18.3. The molecule has 4 rings (SSSR count). The second-order valence-corrected chi connectivity index (χ2v) is 7.32. The number of Topliss-reactive ketones (excluding diaryl/α,β-unsaturated/α-hetero) is 1. The molecule has 132 valence electrons. The zero-order valence-corrected chi connectivity index (χ0v) is 13.5. The Morgan fingerprint density at radius 1 is 1.40 bits per heavy atom. The van der Waals surface area contributed by atoms with Gasteiger partial charge in [-0.15, -0.1) is 0 Å². The van der Waals surface area contributed by atoms with E-state index in [4.69, 9.17) is 17.3 Å². The van der Waals surface area contributed by atoms with E-state index in [2.05, 4.69) is 0 Å². The minimum atomic E-state index is -4.81. The molecule has 1 aromatic rings. The first-order valence-electron chi connectivity index (χ1n) is 7.68. The molecule has 3 aliphatic carbocycles. The molecule has 1 aromatic carbocycles. The van der Waals surface area contributed by atoms with Crippen LogP contribution in [-0.4, -0.2) is 16.9 Å². The topological polar surface area (TPSA) is 86.2 Å². The second-order valence-electron chi connectivity index (χ2n) is 6.91. The molecule has 25 heavy (non-hydrogen) atoms. The van der Waals surface area contributed by atoms with Crippen LogP contribution in [0.5, 0.6) is 0 Å². The number of nitro groups is 1. The van der Waals surface area contributed by atoms with Crippen molar-refractivity contribution in [1.29, 1.82) is 0 Å². The average molecular weight is 373 g/mol. The number of benzene rings is 1. The van der Waals surface area contributed by atoms with E-state index in [9.17, 15) is 28.1 Å². The molecule has 0 aliphatic heterocycles. The fraction of sp³-hybridized carbons (Fsp3) is 0.438. The third kappa shape index (κ3) is 2.00. The number of ketones is 1. The Morgan fingerprint density at radius 3 is 2.68 bits per heavy atom. The number of nitrogens with two attached hydrogens (primary N) is 1. The SMILES string of the molecule is Nc1c(Cl)cc2c(c1[N+](=O)[O-])CC13CCC(C1)C(=O)C(C(F)(F)F)=C23. The first-order chi connectivity index (χ1) is 11.6. The first-order valence-corrected chi connectivity index (χ1v) is 8.06. The van der Waals surface area contributed by atoms with Gasteiger partial charge in [-0.3, -0.25) is 14.9 Å². The molecule has 1 fully saturated rings. The monoisotopic (exact) mass is 372 g/mol. The number of nitrogen functional groups attached to an aromatic ring is 1. The molecular formula is C16H12ClF3N2O3. The van der Waals surface area contributed by atoms with Crippen LogP contribution in [0.2, 0.25) is 5.02 Å². The number of alkyl halides is 3. The van der Waals surface area contributed by atoms with Gasteiger partial charge in [-0.05, 0) is 42.9 Å². The lowest BCUT2D eigenvalue weighted by molar-refractivity contribution is -0.384. The van der Waals surface area contributed by atoms with Gasteiger partial charge in [0, 0.05) is 16.9 Å². The fourth-order valence-corrected chi connectivity index (χ4v) is 4.96. The number of rotatable bonds is 1. The van der Waals surface area contributed by atoms with E-state index in [-0.39, 0.29) is 40.3 Å². The summed E-state index contributed by atoms with van der Waals surface area (Å²) in [6.07, 6.45) is -3.71. The summed E-state index contributed by atoms with van der Waals surface area (Å²) in [7, 11) is 0. The van der Waals surface area contributed by atoms with Crippen LogP contribution in [0.25, 0.3) is 5.57 Å². The molecule has 0 saturated heterocycles. The highest BCUT2D eigenvalue weighted by atomic mass is 35.5. The second kappa shape index (κ2) is 4.75. The van der Waals surface area contributed by atoms with Gasteiger partial charge in [0.05, 0.1) is 9.95 Å². The number of nitro benzene ring substituents is 1. The molecule has 5 nitrogen and oxygen atoms in total. The van der Waals surface area contributed by atoms with Gasteiger partial charge in [-0.1, -0.05) is 11.6 Å². The highest BCUT2D eigenvalue weighted by Gasteiger charge is 2.60. The highest BCUT2D eigenvalue weighted by molar-refractivity contribution is 6.34. The van der Waals surface area contributed by atoms with Crippen molar-refractivity contribution in [2.45, 2.75) is 31.9 Å². The lowest BCUT2D eigenvalue weighted by atomic mass is 9.71. The molecule has 2 bridgehead atoms. The molecule has 0 radical (unpaired) electrons. The Labute approximate surface area is 144 Å². The third-order valence-corrected chi connectivity index (χ3v) is 5.96. The van der Waals surface area contributed by atoms with Crippen molar-refractivity contribution in [3.8, 4) is 0 Å². The number of hydrogen-bond donors (Lipinski definition) is 1. The molecule has 0 aromatic heterocycles. The number of carbonyl (C=O) groups is 1. The van der Waals surface area contributed by atoms with Crippen molar-refractivity contribution >= 4 is 34.3 Å². The number of carbonyl (C=O) groups excluding carboxylic acids is 1. The van der Waals surface area contributed by atoms with Crippen LogP contribution in [0, 0.1) is 21.4 Å². The number of hydrogen-bond acceptors (Lipinski definition) is 4. The lowest BCUT2D eigenvalue weighted by Gasteiger charge is -2.33. The zero-order valence-electron chi connectivity index (χ0n) is 12.7. The summed E-state index contributed by atoms with van der Waals surface area (Å²) < 4.78 is 41.0. The van der Waals surface area contributed by atoms with E-state index in [1.54, 1.807) is 0 Å². The average Bonchev–Trinajstić information content (AvgIpc) is 3.00. The van der Waals surface area contributed by atoms with Crippen molar-refractivity contribution in [1.82, 2.24) is 0 Å². The van der Waals surface area contributed by atoms with E-state index >= 15 is 0 Å². The molecule has 2 unspecified atom stereocenters. The molecule has 9 heteroatoms. The smallest absolute Gasteiger partial charge is 0.392 e. The van der Waals surface area contributed by atoms with E-state index in [0.29, 0.717) is 12.8 Å². The normalized spacial score (nSPS) is 27.5. The van der Waals surface area contributed by atoms with Gasteiger partial charge in [-0.25, -0.2) is 0 Å². The molecular weight excluding hydrogens is 361 g/mol. The highest BCUT2D eigenvalue weighted by Crippen LogP contribution is 2.65. The van der Waals surface area contributed by atoms with Crippen LogP contribution in [0.4, 0.5) is 24.5 Å². The summed E-state index contributed by atoms with van der Waals surface area (Å²) in [5, 5.41) is 11.3. The first kappa shape index (κ1) is 16.4. The van der Waals surface area contributed by atoms with Crippen LogP contribution in [0.1, 0.15) is 30.4 Å². The maximum atomic E-state index is 13.7. The van der Waals surface area contributed by atoms with Crippen LogP contribution in [-0.2, 0) is 11.2 Å². The largest absolute Gasteiger partial charge is 0.420 e. The quantitative estimate of drug-likeness (QED) is 0.457. The summed E-state index contributed by atoms with van der Waals surface area (Å²) in [5.74, 6) is -1.60. The number of fused-ring (bicyclic) bond motifs is 3. The van der Waals surface area contributed by atoms with Gasteiger partial charge in [-0.2, -0.15) is 13.2 Å². The summed E-state index contributed by atoms with van der Waals surface area (Å²) >= 11 is 5.95. The predicted octanol–water partition coefficient (Wildman–Crippen LogP) is 4.07. The fourth-order valence-electron chi connectivity index (χ4n) is 4.76. The summed E-state index contributed by atoms with van der Waals surface area (Å²) in [6, 6.07) is 1.24. The number of nitrogens with zero attached hydrogens (tertiary/aromatic N) is 1. The molecule has 0 amide bonds. The predicted molar refractivity (Wildman–Crippen MR) is 84.0 cm³/mol. The maximum absolute atomic E-state index is 13.7. The summed E-state index contributed by atoms with van der Waals surface area (Å²) in [5.41, 5.74) is 3.02. The van der Waals surface area contributed by atoms with Gasteiger partial charge in [0.1, 0.15) is 11.3 Å². The van der Waals surface area contributed by atoms with Crippen molar-refractivity contribution in [3.63, 3.8) is 0 Å². The molecule has 2 N–H and O–H groups in total. The Kier molecular flexibility index (Phi) is 3.11. The minimum absolute atomic E-state index is 0.0481. The third-order valence-electron chi connectivity index (χ3n) is 5.65. The van der Waals surface area contributed by atoms with E-state index < -0.39 is 39.5 Å². The molecule has 1 spiro atoms. The molecule has 0 heterocycles. The van der Waals surface area contributed by atoms with E-state index in [1.165, 1.54) is 6.07 Å². The standard InChI is InChI=1S/C16H12ClF3N2O3/c17-9-3-7-8(13(12(9)21)22(24)25)5-15-2-1-6(4-15)14(23)11(10(7)15)16(18,19)20/h3,6H,1-2,4-5,21H2. The van der Waals surface area contributed by atoms with Gasteiger partial charge in [0.2, 0.25) is 0 Å². The Balaban J connectivity index is 2.11. The van der Waals surface area contributed by atoms with Gasteiger partial charge in [0.15, 0.2) is 5.78 Å².